The molecule has 0 N–H and O–H groups in total. The van der Waals surface area contributed by atoms with E-state index in [2.05, 4.69) is 18.8 Å². The van der Waals surface area contributed by atoms with Crippen molar-refractivity contribution in [1.82, 2.24) is 4.98 Å². The van der Waals surface area contributed by atoms with Crippen LogP contribution in [0.1, 0.15) is 38.7 Å². The largest absolute Gasteiger partial charge is 0.461 e. The first kappa shape index (κ1) is 20.7. The van der Waals surface area contributed by atoms with Gasteiger partial charge in [-0.1, -0.05) is 25.4 Å². The molecule has 160 valence electrons. The number of hydrogen-bond donors (Lipinski definition) is 0. The molecule has 29 heavy (non-hydrogen) atoms. The van der Waals surface area contributed by atoms with Crippen LogP contribution in [-0.4, -0.2) is 42.9 Å². The average molecular weight is 433 g/mol. The van der Waals surface area contributed by atoms with E-state index in [0.29, 0.717) is 38.4 Å². The highest BCUT2D eigenvalue weighted by Gasteiger charge is 2.61. The van der Waals surface area contributed by atoms with Crippen molar-refractivity contribution in [3.05, 3.63) is 22.8 Å². The quantitative estimate of drug-likeness (QED) is 0.665. The molecule has 0 aromatic carbocycles. The lowest BCUT2D eigenvalue weighted by atomic mass is 9.59. The molecule has 1 saturated carbocycles. The molecule has 0 radical (unpaired) electrons. The van der Waals surface area contributed by atoms with Crippen molar-refractivity contribution >= 4 is 23.4 Å². The molecule has 2 saturated heterocycles. The molecule has 1 aliphatic carbocycles. The van der Waals surface area contributed by atoms with Crippen LogP contribution in [0.3, 0.4) is 0 Å². The Labute approximate surface area is 172 Å². The second kappa shape index (κ2) is 7.30. The lowest BCUT2D eigenvalue weighted by Gasteiger charge is -2.53. The van der Waals surface area contributed by atoms with Gasteiger partial charge in [0.15, 0.2) is 0 Å². The van der Waals surface area contributed by atoms with Crippen LogP contribution in [0.5, 0.6) is 0 Å². The zero-order chi connectivity index (χ0) is 21.0. The fourth-order valence-electron chi connectivity index (χ4n) is 4.88. The molecular formula is C20H24ClF3N2O3. The maximum absolute atomic E-state index is 12.8. The highest BCUT2D eigenvalue weighted by molar-refractivity contribution is 6.33. The molecule has 3 heterocycles. The normalized spacial score (nSPS) is 29.3. The van der Waals surface area contributed by atoms with Crippen LogP contribution in [0.25, 0.3) is 0 Å². The maximum atomic E-state index is 12.8. The van der Waals surface area contributed by atoms with Gasteiger partial charge in [0.25, 0.3) is 0 Å². The van der Waals surface area contributed by atoms with E-state index in [9.17, 15) is 18.0 Å². The number of anilines is 1. The number of ether oxygens (including phenoxy) is 2. The van der Waals surface area contributed by atoms with Gasteiger partial charge in [0.2, 0.25) is 0 Å². The number of carbonyl (C=O) groups is 1. The van der Waals surface area contributed by atoms with E-state index in [4.69, 9.17) is 21.1 Å². The second-order valence-corrected chi connectivity index (χ2v) is 9.12. The van der Waals surface area contributed by atoms with Crippen LogP contribution in [0.2, 0.25) is 5.02 Å². The van der Waals surface area contributed by atoms with Gasteiger partial charge in [-0.2, -0.15) is 13.2 Å². The first-order valence-corrected chi connectivity index (χ1v) is 10.3. The van der Waals surface area contributed by atoms with Crippen molar-refractivity contribution in [2.75, 3.05) is 24.6 Å². The summed E-state index contributed by atoms with van der Waals surface area (Å²) >= 11 is 6.04. The van der Waals surface area contributed by atoms with Crippen LogP contribution in [-0.2, 0) is 20.4 Å². The van der Waals surface area contributed by atoms with Crippen LogP contribution >= 0.6 is 11.6 Å². The lowest BCUT2D eigenvalue weighted by Crippen LogP contribution is -2.61. The molecule has 4 rings (SSSR count). The summed E-state index contributed by atoms with van der Waals surface area (Å²) in [4.78, 5) is 18.4. The van der Waals surface area contributed by atoms with Crippen LogP contribution in [0.15, 0.2) is 12.3 Å². The molecular weight excluding hydrogens is 409 g/mol. The van der Waals surface area contributed by atoms with E-state index < -0.39 is 11.7 Å². The minimum Gasteiger partial charge on any atom is -0.461 e. The van der Waals surface area contributed by atoms with Crippen LogP contribution < -0.4 is 4.90 Å². The highest BCUT2D eigenvalue weighted by atomic mass is 35.5. The molecule has 0 amide bonds. The number of halogens is 4. The molecule has 3 atom stereocenters. The Balaban J connectivity index is 1.34. The molecule has 0 bridgehead atoms. The minimum atomic E-state index is -4.48. The second-order valence-electron chi connectivity index (χ2n) is 8.71. The molecule has 3 aliphatic rings. The Bertz CT molecular complexity index is 794. The fourth-order valence-corrected chi connectivity index (χ4v) is 5.17. The molecule has 1 aromatic rings. The van der Waals surface area contributed by atoms with Crippen molar-refractivity contribution < 1.29 is 27.4 Å². The molecule has 2 aliphatic heterocycles. The van der Waals surface area contributed by atoms with Crippen molar-refractivity contribution in [2.24, 2.45) is 17.3 Å². The van der Waals surface area contributed by atoms with Crippen molar-refractivity contribution in [2.45, 2.75) is 51.5 Å². The van der Waals surface area contributed by atoms with Gasteiger partial charge in [0.1, 0.15) is 11.9 Å². The van der Waals surface area contributed by atoms with Gasteiger partial charge in [-0.25, -0.2) is 4.98 Å². The van der Waals surface area contributed by atoms with E-state index in [-0.39, 0.29) is 40.5 Å². The summed E-state index contributed by atoms with van der Waals surface area (Å²) in [5.74, 6) is 0.179. The van der Waals surface area contributed by atoms with Crippen molar-refractivity contribution in [3.63, 3.8) is 0 Å². The SMILES string of the molecule is CC1(C)[C@@H]2OCC[C@H]2[C@@H]1OC(=O)C1CCN(c2ncc(C(F)(F)F)cc2Cl)CC1. The third-order valence-electron chi connectivity index (χ3n) is 6.51. The Hall–Kier alpha value is -1.54. The molecule has 0 spiro atoms. The molecule has 9 heteroatoms. The van der Waals surface area contributed by atoms with Gasteiger partial charge >= 0.3 is 12.1 Å². The summed E-state index contributed by atoms with van der Waals surface area (Å²) in [6, 6.07) is 0.892. The standard InChI is InChI=1S/C20H24ClF3N2O3/c1-19(2)15-13(5-8-28-15)16(19)29-18(27)11-3-6-26(7-4-11)17-14(21)9-12(10-25-17)20(22,23)24/h9-11,13,15-16H,3-8H2,1-2H3/t13-,15-,16+/m1/s1. The summed E-state index contributed by atoms with van der Waals surface area (Å²) in [5.41, 5.74) is -1.04. The zero-order valence-electron chi connectivity index (χ0n) is 16.3. The number of piperidine rings is 1. The van der Waals surface area contributed by atoms with Crippen LogP contribution in [0.4, 0.5) is 19.0 Å². The number of hydrogen-bond acceptors (Lipinski definition) is 5. The first-order valence-electron chi connectivity index (χ1n) is 9.89. The van der Waals surface area contributed by atoms with Crippen LogP contribution in [0, 0.1) is 17.3 Å². The number of pyridine rings is 1. The minimum absolute atomic E-state index is 0.0376. The van der Waals surface area contributed by atoms with E-state index in [1.807, 2.05) is 4.90 Å². The predicted octanol–water partition coefficient (Wildman–Crippen LogP) is 4.33. The zero-order valence-corrected chi connectivity index (χ0v) is 17.1. The Morgan fingerprint density at radius 2 is 2.00 bits per heavy atom. The molecule has 0 unspecified atom stereocenters. The Morgan fingerprint density at radius 1 is 1.31 bits per heavy atom. The number of aromatic nitrogens is 1. The van der Waals surface area contributed by atoms with Gasteiger partial charge in [-0.15, -0.1) is 0 Å². The third-order valence-corrected chi connectivity index (χ3v) is 6.79. The number of fused-ring (bicyclic) bond motifs is 1. The fraction of sp³-hybridized carbons (Fsp3) is 0.700. The van der Waals surface area contributed by atoms with Crippen molar-refractivity contribution in [3.8, 4) is 0 Å². The Morgan fingerprint density at radius 3 is 2.62 bits per heavy atom. The van der Waals surface area contributed by atoms with E-state index in [1.165, 1.54) is 0 Å². The smallest absolute Gasteiger partial charge is 0.417 e. The third kappa shape index (κ3) is 3.69. The molecule has 5 nitrogen and oxygen atoms in total. The first-order chi connectivity index (χ1) is 13.6. The summed E-state index contributed by atoms with van der Waals surface area (Å²) < 4.78 is 50.0. The summed E-state index contributed by atoms with van der Waals surface area (Å²) in [6.07, 6.45) is -1.62. The molecule has 1 aromatic heterocycles. The van der Waals surface area contributed by atoms with Crippen molar-refractivity contribution in [1.29, 1.82) is 0 Å². The lowest BCUT2D eigenvalue weighted by molar-refractivity contribution is -0.213. The van der Waals surface area contributed by atoms with Gasteiger partial charge in [-0.05, 0) is 25.3 Å². The average Bonchev–Trinajstić information content (AvgIpc) is 3.12. The highest BCUT2D eigenvalue weighted by Crippen LogP contribution is 2.54. The number of rotatable bonds is 3. The van der Waals surface area contributed by atoms with E-state index in [0.717, 1.165) is 18.7 Å². The number of alkyl halides is 3. The Kier molecular flexibility index (Phi) is 5.22. The monoisotopic (exact) mass is 432 g/mol. The van der Waals surface area contributed by atoms with Gasteiger partial charge < -0.3 is 14.4 Å². The predicted molar refractivity (Wildman–Crippen MR) is 101 cm³/mol. The van der Waals surface area contributed by atoms with E-state index >= 15 is 0 Å². The van der Waals surface area contributed by atoms with Gasteiger partial charge in [0, 0.05) is 37.2 Å². The summed E-state index contributed by atoms with van der Waals surface area (Å²) in [6.45, 7) is 5.82. The van der Waals surface area contributed by atoms with Gasteiger partial charge in [0.05, 0.1) is 22.6 Å². The number of esters is 1. The summed E-state index contributed by atoms with van der Waals surface area (Å²) in [5, 5.41) is -0.0376. The number of carbonyl (C=O) groups excluding carboxylic acids is 1. The molecule has 3 fully saturated rings. The maximum Gasteiger partial charge on any atom is 0.417 e. The number of nitrogens with zero attached hydrogens (tertiary/aromatic N) is 2. The summed E-state index contributed by atoms with van der Waals surface area (Å²) in [7, 11) is 0. The topological polar surface area (TPSA) is 51.7 Å². The van der Waals surface area contributed by atoms with E-state index in [1.54, 1.807) is 0 Å². The van der Waals surface area contributed by atoms with Gasteiger partial charge in [-0.3, -0.25) is 4.79 Å².